The normalized spacial score (nSPS) is 13.4. The van der Waals surface area contributed by atoms with Crippen LogP contribution < -0.4 is 5.73 Å². The van der Waals surface area contributed by atoms with E-state index in [0.29, 0.717) is 5.15 Å². The lowest BCUT2D eigenvalue weighted by molar-refractivity contribution is 0.770. The number of fused-ring (bicyclic) bond motifs is 1. The van der Waals surface area contributed by atoms with Gasteiger partial charge < -0.3 is 5.73 Å². The Morgan fingerprint density at radius 1 is 1.50 bits per heavy atom. The predicted molar refractivity (Wildman–Crippen MR) is 58.3 cm³/mol. The zero-order valence-electron chi connectivity index (χ0n) is 8.16. The number of benzene rings is 1. The molecule has 1 heterocycles. The van der Waals surface area contributed by atoms with Gasteiger partial charge in [0.05, 0.1) is 5.52 Å². The van der Waals surface area contributed by atoms with Crippen molar-refractivity contribution in [1.82, 2.24) is 9.78 Å². The molecule has 1 unspecified atom stereocenters. The molecule has 0 spiro atoms. The van der Waals surface area contributed by atoms with Gasteiger partial charge in [-0.3, -0.25) is 4.68 Å². The molecule has 0 aliphatic heterocycles. The number of hydrogen-bond acceptors (Lipinski definition) is 2. The van der Waals surface area contributed by atoms with Gasteiger partial charge in [-0.1, -0.05) is 23.7 Å². The van der Waals surface area contributed by atoms with Gasteiger partial charge in [-0.05, 0) is 18.6 Å². The molecular formula is C10H12ClN3. The first-order chi connectivity index (χ1) is 6.61. The number of aromatic nitrogens is 2. The monoisotopic (exact) mass is 209 g/mol. The Kier molecular flexibility index (Phi) is 2.21. The van der Waals surface area contributed by atoms with Gasteiger partial charge >= 0.3 is 0 Å². The molecule has 0 aliphatic rings. The van der Waals surface area contributed by atoms with Crippen LogP contribution in [0.1, 0.15) is 18.5 Å². The van der Waals surface area contributed by atoms with E-state index >= 15 is 0 Å². The molecule has 1 aromatic carbocycles. The molecular weight excluding hydrogens is 198 g/mol. The smallest absolute Gasteiger partial charge is 0.134 e. The Balaban J connectivity index is 2.81. The zero-order chi connectivity index (χ0) is 10.3. The average molecular weight is 210 g/mol. The highest BCUT2D eigenvalue weighted by Crippen LogP contribution is 2.27. The van der Waals surface area contributed by atoms with Crippen molar-refractivity contribution < 1.29 is 0 Å². The predicted octanol–water partition coefficient (Wildman–Crippen LogP) is 2.25. The summed E-state index contributed by atoms with van der Waals surface area (Å²) in [6.45, 7) is 1.94. The maximum absolute atomic E-state index is 6.08. The number of aryl methyl sites for hydroxylation is 1. The van der Waals surface area contributed by atoms with Gasteiger partial charge in [-0.15, -0.1) is 0 Å². The van der Waals surface area contributed by atoms with Crippen LogP contribution in [0.4, 0.5) is 0 Å². The number of hydrogen-bond donors (Lipinski definition) is 1. The van der Waals surface area contributed by atoms with Crippen LogP contribution >= 0.6 is 11.6 Å². The Morgan fingerprint density at radius 3 is 2.86 bits per heavy atom. The highest BCUT2D eigenvalue weighted by Gasteiger charge is 2.11. The van der Waals surface area contributed by atoms with Crippen molar-refractivity contribution >= 4 is 22.5 Å². The van der Waals surface area contributed by atoms with Crippen molar-refractivity contribution in [1.29, 1.82) is 0 Å². The van der Waals surface area contributed by atoms with Crippen LogP contribution in [-0.2, 0) is 7.05 Å². The number of nitrogens with two attached hydrogens (primary N) is 1. The van der Waals surface area contributed by atoms with E-state index in [9.17, 15) is 0 Å². The summed E-state index contributed by atoms with van der Waals surface area (Å²) in [5.74, 6) is 0. The molecule has 0 saturated heterocycles. The van der Waals surface area contributed by atoms with Gasteiger partial charge in [0.2, 0.25) is 0 Å². The summed E-state index contributed by atoms with van der Waals surface area (Å²) in [6, 6.07) is 5.87. The molecule has 0 radical (unpaired) electrons. The lowest BCUT2D eigenvalue weighted by atomic mass is 10.1. The van der Waals surface area contributed by atoms with E-state index < -0.39 is 0 Å². The number of halogens is 1. The molecule has 0 bridgehead atoms. The Morgan fingerprint density at radius 2 is 2.21 bits per heavy atom. The van der Waals surface area contributed by atoms with Gasteiger partial charge in [0, 0.05) is 18.5 Å². The third kappa shape index (κ3) is 1.29. The van der Waals surface area contributed by atoms with Crippen molar-refractivity contribution in [2.24, 2.45) is 12.8 Å². The van der Waals surface area contributed by atoms with Crippen LogP contribution in [0.15, 0.2) is 18.2 Å². The van der Waals surface area contributed by atoms with Crippen LogP contribution in [0.2, 0.25) is 5.15 Å². The topological polar surface area (TPSA) is 43.8 Å². The molecule has 74 valence electrons. The molecule has 2 N–H and O–H groups in total. The second kappa shape index (κ2) is 3.26. The van der Waals surface area contributed by atoms with Crippen LogP contribution in [0.3, 0.4) is 0 Å². The molecule has 0 saturated carbocycles. The lowest BCUT2D eigenvalue weighted by Crippen LogP contribution is -2.05. The van der Waals surface area contributed by atoms with Crippen molar-refractivity contribution in [3.8, 4) is 0 Å². The summed E-state index contributed by atoms with van der Waals surface area (Å²) in [4.78, 5) is 0. The zero-order valence-corrected chi connectivity index (χ0v) is 8.92. The van der Waals surface area contributed by atoms with Crippen LogP contribution in [0.25, 0.3) is 10.9 Å². The van der Waals surface area contributed by atoms with Crippen molar-refractivity contribution in [3.05, 3.63) is 28.9 Å². The summed E-state index contributed by atoms with van der Waals surface area (Å²) in [5, 5.41) is 5.96. The quantitative estimate of drug-likeness (QED) is 0.783. The molecule has 0 fully saturated rings. The first-order valence-electron chi connectivity index (χ1n) is 4.48. The van der Waals surface area contributed by atoms with Gasteiger partial charge in [0.15, 0.2) is 0 Å². The number of nitrogens with zero attached hydrogens (tertiary/aromatic N) is 2. The molecule has 2 rings (SSSR count). The van der Waals surface area contributed by atoms with Gasteiger partial charge in [-0.25, -0.2) is 0 Å². The fourth-order valence-corrected chi connectivity index (χ4v) is 1.77. The largest absolute Gasteiger partial charge is 0.324 e. The van der Waals surface area contributed by atoms with Crippen molar-refractivity contribution in [3.63, 3.8) is 0 Å². The summed E-state index contributed by atoms with van der Waals surface area (Å²) in [6.07, 6.45) is 0. The van der Waals surface area contributed by atoms with Gasteiger partial charge in [0.1, 0.15) is 5.15 Å². The molecule has 3 nitrogen and oxygen atoms in total. The maximum atomic E-state index is 6.08. The van der Waals surface area contributed by atoms with E-state index in [4.69, 9.17) is 17.3 Å². The highest BCUT2D eigenvalue weighted by atomic mass is 35.5. The highest BCUT2D eigenvalue weighted by molar-refractivity contribution is 6.34. The Bertz CT molecular complexity index is 473. The van der Waals surface area contributed by atoms with E-state index in [0.717, 1.165) is 16.5 Å². The second-order valence-electron chi connectivity index (χ2n) is 3.45. The Hall–Kier alpha value is -1.06. The second-order valence-corrected chi connectivity index (χ2v) is 3.80. The molecule has 4 heteroatoms. The van der Waals surface area contributed by atoms with Crippen molar-refractivity contribution in [2.75, 3.05) is 0 Å². The average Bonchev–Trinajstić information content (AvgIpc) is 2.43. The first-order valence-corrected chi connectivity index (χ1v) is 4.85. The number of rotatable bonds is 1. The standard InChI is InChI=1S/C10H12ClN3/c1-6(12)7-4-3-5-8-9(7)13-14(2)10(8)11/h3-6H,12H2,1-2H3. The van der Waals surface area contributed by atoms with Gasteiger partial charge in [-0.2, -0.15) is 5.10 Å². The summed E-state index contributed by atoms with van der Waals surface area (Å²) in [5.41, 5.74) is 7.78. The summed E-state index contributed by atoms with van der Waals surface area (Å²) in [7, 11) is 1.83. The molecule has 1 aromatic heterocycles. The van der Waals surface area contributed by atoms with E-state index in [2.05, 4.69) is 5.10 Å². The fraction of sp³-hybridized carbons (Fsp3) is 0.300. The Labute approximate surface area is 87.5 Å². The molecule has 0 amide bonds. The SMILES string of the molecule is CC(N)c1cccc2c(Cl)n(C)nc12. The van der Waals surface area contributed by atoms with Crippen LogP contribution in [-0.4, -0.2) is 9.78 Å². The molecule has 14 heavy (non-hydrogen) atoms. The van der Waals surface area contributed by atoms with Gasteiger partial charge in [0.25, 0.3) is 0 Å². The minimum absolute atomic E-state index is 0.0235. The molecule has 0 aliphatic carbocycles. The molecule has 2 aromatic rings. The summed E-state index contributed by atoms with van der Waals surface area (Å²) < 4.78 is 1.66. The summed E-state index contributed by atoms with van der Waals surface area (Å²) >= 11 is 6.08. The first kappa shape index (κ1) is 9.49. The van der Waals surface area contributed by atoms with Crippen LogP contribution in [0, 0.1) is 0 Å². The van der Waals surface area contributed by atoms with E-state index in [1.165, 1.54) is 0 Å². The lowest BCUT2D eigenvalue weighted by Gasteiger charge is -2.04. The fourth-order valence-electron chi connectivity index (χ4n) is 1.58. The molecule has 1 atom stereocenters. The maximum Gasteiger partial charge on any atom is 0.134 e. The van der Waals surface area contributed by atoms with Crippen molar-refractivity contribution in [2.45, 2.75) is 13.0 Å². The van der Waals surface area contributed by atoms with E-state index in [1.54, 1.807) is 4.68 Å². The third-order valence-corrected chi connectivity index (χ3v) is 2.76. The van der Waals surface area contributed by atoms with E-state index in [1.807, 2.05) is 32.2 Å². The van der Waals surface area contributed by atoms with Crippen LogP contribution in [0.5, 0.6) is 0 Å². The minimum Gasteiger partial charge on any atom is -0.324 e. The minimum atomic E-state index is -0.0235. The third-order valence-electron chi connectivity index (χ3n) is 2.31. The van der Waals surface area contributed by atoms with E-state index in [-0.39, 0.29) is 6.04 Å².